The first-order valence-electron chi connectivity index (χ1n) is 40.0. The van der Waals surface area contributed by atoms with Gasteiger partial charge >= 0.3 is 39.5 Å². The SMILES string of the molecule is CCCCCCCCCCCC(=O)OC[C@H](COP(=O)(O)OC[C@H](O)COP(=O)(O)OC[C@@H](COC(=O)CCCCCCCCCCCCCCCC(C)C)OC(=O)CCCCCCCCCCCCCCCCCCCCC(C)CC)OC(=O)CCCCCCCCCCC. The van der Waals surface area contributed by atoms with Gasteiger partial charge in [0.05, 0.1) is 26.4 Å². The molecule has 0 rings (SSSR count). The van der Waals surface area contributed by atoms with Crippen LogP contribution in [0.3, 0.4) is 0 Å². The maximum atomic E-state index is 13.1. The Morgan fingerprint density at radius 2 is 0.531 bits per heavy atom. The zero-order chi connectivity index (χ0) is 70.7. The second kappa shape index (κ2) is 68.8. The van der Waals surface area contributed by atoms with Crippen LogP contribution in [0.2, 0.25) is 0 Å². The van der Waals surface area contributed by atoms with Crippen LogP contribution in [-0.4, -0.2) is 96.7 Å². The average molecular weight is 1410 g/mol. The van der Waals surface area contributed by atoms with Crippen LogP contribution < -0.4 is 0 Å². The molecule has 19 heteroatoms. The zero-order valence-corrected chi connectivity index (χ0v) is 64.5. The van der Waals surface area contributed by atoms with E-state index in [4.69, 9.17) is 37.0 Å². The first-order valence-corrected chi connectivity index (χ1v) is 43.0. The fourth-order valence-corrected chi connectivity index (χ4v) is 13.4. The predicted molar refractivity (Wildman–Crippen MR) is 391 cm³/mol. The van der Waals surface area contributed by atoms with Gasteiger partial charge in [0, 0.05) is 25.7 Å². The van der Waals surface area contributed by atoms with E-state index in [-0.39, 0.29) is 25.7 Å². The van der Waals surface area contributed by atoms with Crippen LogP contribution in [-0.2, 0) is 65.4 Å². The molecule has 0 aromatic heterocycles. The number of rotatable bonds is 76. The number of ether oxygens (including phenoxy) is 4. The second-order valence-electron chi connectivity index (χ2n) is 28.5. The highest BCUT2D eigenvalue weighted by molar-refractivity contribution is 7.47. The summed E-state index contributed by atoms with van der Waals surface area (Å²) in [5.74, 6) is -0.455. The highest BCUT2D eigenvalue weighted by Crippen LogP contribution is 2.45. The number of unbranched alkanes of at least 4 members (excludes halogenated alkanes) is 45. The predicted octanol–water partition coefficient (Wildman–Crippen LogP) is 22.7. The van der Waals surface area contributed by atoms with Gasteiger partial charge in [0.25, 0.3) is 0 Å². The number of hydrogen-bond donors (Lipinski definition) is 3. The highest BCUT2D eigenvalue weighted by Gasteiger charge is 2.30. The minimum atomic E-state index is -4.96. The quantitative estimate of drug-likeness (QED) is 0.0222. The van der Waals surface area contributed by atoms with E-state index in [9.17, 15) is 43.2 Å². The Hall–Kier alpha value is -1.94. The molecule has 0 aromatic carbocycles. The van der Waals surface area contributed by atoms with Gasteiger partial charge in [-0.2, -0.15) is 0 Å². The lowest BCUT2D eigenvalue weighted by atomic mass is 9.99. The van der Waals surface area contributed by atoms with Gasteiger partial charge in [-0.05, 0) is 37.5 Å². The van der Waals surface area contributed by atoms with Crippen LogP contribution in [0.5, 0.6) is 0 Å². The van der Waals surface area contributed by atoms with Gasteiger partial charge in [-0.3, -0.25) is 37.3 Å². The van der Waals surface area contributed by atoms with Crippen LogP contribution in [0.15, 0.2) is 0 Å². The summed E-state index contributed by atoms with van der Waals surface area (Å²) in [6, 6.07) is 0. The Kier molecular flexibility index (Phi) is 67.4. The minimum absolute atomic E-state index is 0.106. The largest absolute Gasteiger partial charge is 0.472 e. The van der Waals surface area contributed by atoms with E-state index in [1.54, 1.807) is 0 Å². The Labute approximate surface area is 588 Å². The first-order chi connectivity index (χ1) is 46.4. The van der Waals surface area contributed by atoms with Gasteiger partial charge in [-0.1, -0.05) is 350 Å². The zero-order valence-electron chi connectivity index (χ0n) is 62.7. The molecule has 0 radical (unpaired) electrons. The van der Waals surface area contributed by atoms with Crippen molar-refractivity contribution in [3.8, 4) is 0 Å². The van der Waals surface area contributed by atoms with Crippen molar-refractivity contribution in [3.63, 3.8) is 0 Å². The third-order valence-corrected chi connectivity index (χ3v) is 20.2. The van der Waals surface area contributed by atoms with E-state index in [1.807, 2.05) is 0 Å². The monoisotopic (exact) mass is 1410 g/mol. The van der Waals surface area contributed by atoms with Crippen molar-refractivity contribution in [2.75, 3.05) is 39.6 Å². The molecular formula is C77H150O17P2. The second-order valence-corrected chi connectivity index (χ2v) is 31.4. The summed E-state index contributed by atoms with van der Waals surface area (Å²) in [4.78, 5) is 72.7. The summed E-state index contributed by atoms with van der Waals surface area (Å²) >= 11 is 0. The molecule has 3 unspecified atom stereocenters. The van der Waals surface area contributed by atoms with Crippen molar-refractivity contribution in [2.24, 2.45) is 11.8 Å². The molecule has 0 aliphatic heterocycles. The fourth-order valence-electron chi connectivity index (χ4n) is 11.8. The molecule has 0 heterocycles. The number of aliphatic hydroxyl groups is 1. The van der Waals surface area contributed by atoms with E-state index in [0.29, 0.717) is 25.7 Å². The smallest absolute Gasteiger partial charge is 0.462 e. The molecule has 0 saturated heterocycles. The Balaban J connectivity index is 5.16. The molecule has 3 N–H and O–H groups in total. The van der Waals surface area contributed by atoms with Gasteiger partial charge in [-0.15, -0.1) is 0 Å². The van der Waals surface area contributed by atoms with Crippen molar-refractivity contribution < 1.29 is 80.2 Å². The molecule has 6 atom stereocenters. The van der Waals surface area contributed by atoms with Gasteiger partial charge in [0.2, 0.25) is 0 Å². The highest BCUT2D eigenvalue weighted by atomic mass is 31.2. The van der Waals surface area contributed by atoms with Gasteiger partial charge in [-0.25, -0.2) is 9.13 Å². The van der Waals surface area contributed by atoms with Crippen LogP contribution in [0, 0.1) is 11.8 Å². The van der Waals surface area contributed by atoms with E-state index in [2.05, 4.69) is 41.5 Å². The lowest BCUT2D eigenvalue weighted by Gasteiger charge is -2.21. The number of aliphatic hydroxyl groups excluding tert-OH is 1. The molecule has 0 spiro atoms. The van der Waals surface area contributed by atoms with Crippen LogP contribution in [0.1, 0.15) is 401 Å². The molecule has 0 aromatic rings. The molecule has 0 fully saturated rings. The minimum Gasteiger partial charge on any atom is -0.462 e. The van der Waals surface area contributed by atoms with Crippen molar-refractivity contribution in [2.45, 2.75) is 419 Å². The van der Waals surface area contributed by atoms with Crippen LogP contribution in [0.25, 0.3) is 0 Å². The molecule has 0 aliphatic rings. The molecule has 0 bridgehead atoms. The number of phosphoric acid groups is 2. The summed E-state index contributed by atoms with van der Waals surface area (Å²) in [5, 5.41) is 10.6. The molecule has 0 saturated carbocycles. The summed E-state index contributed by atoms with van der Waals surface area (Å²) in [7, 11) is -9.90. The molecule has 0 amide bonds. The van der Waals surface area contributed by atoms with Crippen molar-refractivity contribution in [1.29, 1.82) is 0 Å². The van der Waals surface area contributed by atoms with E-state index < -0.39 is 97.5 Å². The van der Waals surface area contributed by atoms with E-state index in [0.717, 1.165) is 102 Å². The first kappa shape index (κ1) is 94.1. The average Bonchev–Trinajstić information content (AvgIpc) is 2.15. The number of carbonyl (C=O) groups excluding carboxylic acids is 4. The van der Waals surface area contributed by atoms with E-state index in [1.165, 1.54) is 218 Å². The number of phosphoric ester groups is 2. The Morgan fingerprint density at radius 3 is 0.792 bits per heavy atom. The lowest BCUT2D eigenvalue weighted by Crippen LogP contribution is -2.30. The van der Waals surface area contributed by atoms with Gasteiger partial charge < -0.3 is 33.8 Å². The third-order valence-electron chi connectivity index (χ3n) is 18.3. The molecule has 0 aliphatic carbocycles. The Bertz CT molecular complexity index is 1860. The molecule has 96 heavy (non-hydrogen) atoms. The fraction of sp³-hybridized carbons (Fsp3) is 0.948. The van der Waals surface area contributed by atoms with Crippen LogP contribution >= 0.6 is 15.6 Å². The topological polar surface area (TPSA) is 237 Å². The standard InChI is InChI=1S/C77H150O17P2/c1-7-10-12-14-16-33-41-47-53-59-74(79)87-65-72(93-76(81)61-55-49-43-34-17-15-13-11-8-2)67-91-95(83,84)89-63-71(78)64-90-96(85,86)92-68-73(66-88-75(80)60-54-48-42-37-31-28-24-25-29-35-39-45-51-57-69(4)5)94-77(82)62-56-50-44-38-32-27-23-21-19-18-20-22-26-30-36-40-46-52-58-70(6)9-3/h69-73,78H,7-68H2,1-6H3,(H,83,84)(H,85,86)/t70?,71-,72+,73+/m0/s1. The summed E-state index contributed by atoms with van der Waals surface area (Å²) in [5.41, 5.74) is 0. The third kappa shape index (κ3) is 69.2. The Morgan fingerprint density at radius 1 is 0.302 bits per heavy atom. The molecule has 17 nitrogen and oxygen atoms in total. The summed E-state index contributed by atoms with van der Waals surface area (Å²) in [6.07, 6.45) is 57.0. The summed E-state index contributed by atoms with van der Waals surface area (Å²) in [6.45, 7) is 9.65. The number of carbonyl (C=O) groups is 4. The maximum Gasteiger partial charge on any atom is 0.472 e. The van der Waals surface area contributed by atoms with Crippen molar-refractivity contribution in [3.05, 3.63) is 0 Å². The van der Waals surface area contributed by atoms with Crippen molar-refractivity contribution >= 4 is 39.5 Å². The van der Waals surface area contributed by atoms with Gasteiger partial charge in [0.1, 0.15) is 19.3 Å². The lowest BCUT2D eigenvalue weighted by molar-refractivity contribution is -0.161. The molecule has 570 valence electrons. The van der Waals surface area contributed by atoms with E-state index >= 15 is 0 Å². The number of hydrogen-bond acceptors (Lipinski definition) is 15. The van der Waals surface area contributed by atoms with Crippen LogP contribution in [0.4, 0.5) is 0 Å². The number of esters is 4. The maximum absolute atomic E-state index is 13.1. The normalized spacial score (nSPS) is 14.3. The summed E-state index contributed by atoms with van der Waals surface area (Å²) < 4.78 is 68.4. The molecular weight excluding hydrogens is 1260 g/mol. The van der Waals surface area contributed by atoms with Crippen molar-refractivity contribution in [1.82, 2.24) is 0 Å². The van der Waals surface area contributed by atoms with Gasteiger partial charge in [0.15, 0.2) is 12.2 Å².